The number of benzene rings is 2. The fourth-order valence-electron chi connectivity index (χ4n) is 3.31. The zero-order valence-electron chi connectivity index (χ0n) is 17.1. The van der Waals surface area contributed by atoms with Crippen molar-refractivity contribution in [2.75, 3.05) is 39.9 Å². The van der Waals surface area contributed by atoms with Crippen molar-refractivity contribution < 1.29 is 14.3 Å². The summed E-state index contributed by atoms with van der Waals surface area (Å²) < 4.78 is 11.2. The molecule has 3 rings (SSSR count). The van der Waals surface area contributed by atoms with Crippen LogP contribution in [0.4, 0.5) is 0 Å². The number of nitrogens with zero attached hydrogens (tertiary/aromatic N) is 2. The van der Waals surface area contributed by atoms with Crippen molar-refractivity contribution in [3.63, 3.8) is 0 Å². The molecule has 1 fully saturated rings. The van der Waals surface area contributed by atoms with Gasteiger partial charge in [0.25, 0.3) is 5.91 Å². The van der Waals surface area contributed by atoms with E-state index in [1.54, 1.807) is 13.2 Å². The van der Waals surface area contributed by atoms with Crippen LogP contribution in [0.5, 0.6) is 11.5 Å². The Bertz CT molecular complexity index is 769. The lowest BCUT2D eigenvalue weighted by atomic mass is 10.1. The van der Waals surface area contributed by atoms with Crippen molar-refractivity contribution in [3.8, 4) is 11.5 Å². The van der Waals surface area contributed by atoms with Gasteiger partial charge in [-0.1, -0.05) is 44.2 Å². The minimum absolute atomic E-state index is 0.0491. The van der Waals surface area contributed by atoms with E-state index in [1.807, 2.05) is 23.1 Å². The van der Waals surface area contributed by atoms with Gasteiger partial charge in [0, 0.05) is 38.3 Å². The number of amides is 1. The summed E-state index contributed by atoms with van der Waals surface area (Å²) in [4.78, 5) is 17.2. The minimum Gasteiger partial charge on any atom is -0.493 e. The summed E-state index contributed by atoms with van der Waals surface area (Å²) in [5, 5.41) is 0. The number of hydrogen-bond donors (Lipinski definition) is 0. The molecule has 0 unspecified atom stereocenters. The van der Waals surface area contributed by atoms with Gasteiger partial charge in [0.2, 0.25) is 0 Å². The Kier molecular flexibility index (Phi) is 6.93. The molecule has 0 radical (unpaired) electrons. The van der Waals surface area contributed by atoms with Crippen molar-refractivity contribution in [2.24, 2.45) is 5.92 Å². The predicted octanol–water partition coefficient (Wildman–Crippen LogP) is 3.69. The molecule has 150 valence electrons. The molecular formula is C23H30N2O3. The lowest BCUT2D eigenvalue weighted by Crippen LogP contribution is -2.48. The summed E-state index contributed by atoms with van der Waals surface area (Å²) in [5.74, 6) is 1.76. The second-order valence-electron chi connectivity index (χ2n) is 7.62. The number of rotatable bonds is 7. The maximum atomic E-state index is 12.9. The second kappa shape index (κ2) is 9.60. The van der Waals surface area contributed by atoms with Crippen LogP contribution in [0.2, 0.25) is 0 Å². The smallest absolute Gasteiger partial charge is 0.254 e. The molecule has 28 heavy (non-hydrogen) atoms. The van der Waals surface area contributed by atoms with Crippen LogP contribution in [0.3, 0.4) is 0 Å². The summed E-state index contributed by atoms with van der Waals surface area (Å²) in [7, 11) is 1.61. The SMILES string of the molecule is COc1cc(C(=O)N2CCN(Cc3ccccc3)CC2)ccc1OCC(C)C. The largest absolute Gasteiger partial charge is 0.493 e. The van der Waals surface area contributed by atoms with E-state index >= 15 is 0 Å². The van der Waals surface area contributed by atoms with Gasteiger partial charge in [0.05, 0.1) is 13.7 Å². The molecule has 1 heterocycles. The van der Waals surface area contributed by atoms with E-state index in [-0.39, 0.29) is 5.91 Å². The molecule has 2 aromatic carbocycles. The summed E-state index contributed by atoms with van der Waals surface area (Å²) in [6.07, 6.45) is 0. The van der Waals surface area contributed by atoms with E-state index in [4.69, 9.17) is 9.47 Å². The molecule has 5 heteroatoms. The van der Waals surface area contributed by atoms with Crippen LogP contribution in [-0.4, -0.2) is 55.6 Å². The molecule has 1 amide bonds. The topological polar surface area (TPSA) is 42.0 Å². The van der Waals surface area contributed by atoms with E-state index in [9.17, 15) is 4.79 Å². The first-order chi connectivity index (χ1) is 13.6. The quantitative estimate of drug-likeness (QED) is 0.732. The van der Waals surface area contributed by atoms with E-state index in [1.165, 1.54) is 5.56 Å². The summed E-state index contributed by atoms with van der Waals surface area (Å²) >= 11 is 0. The molecule has 1 aliphatic heterocycles. The van der Waals surface area contributed by atoms with Crippen LogP contribution in [0.25, 0.3) is 0 Å². The van der Waals surface area contributed by atoms with Crippen LogP contribution in [0.15, 0.2) is 48.5 Å². The van der Waals surface area contributed by atoms with Gasteiger partial charge in [-0.05, 0) is 29.7 Å². The highest BCUT2D eigenvalue weighted by Crippen LogP contribution is 2.29. The molecule has 0 aliphatic carbocycles. The number of methoxy groups -OCH3 is 1. The number of carbonyl (C=O) groups is 1. The van der Waals surface area contributed by atoms with E-state index in [2.05, 4.69) is 43.0 Å². The van der Waals surface area contributed by atoms with Gasteiger partial charge < -0.3 is 14.4 Å². The van der Waals surface area contributed by atoms with Crippen LogP contribution in [0.1, 0.15) is 29.8 Å². The molecular weight excluding hydrogens is 352 g/mol. The van der Waals surface area contributed by atoms with Gasteiger partial charge in [-0.25, -0.2) is 0 Å². The van der Waals surface area contributed by atoms with Crippen molar-refractivity contribution in [1.29, 1.82) is 0 Å². The zero-order valence-corrected chi connectivity index (χ0v) is 17.1. The third-order valence-electron chi connectivity index (χ3n) is 4.89. The first kappa shape index (κ1) is 20.2. The molecule has 2 aromatic rings. The molecule has 0 atom stereocenters. The third kappa shape index (κ3) is 5.26. The molecule has 0 bridgehead atoms. The Balaban J connectivity index is 1.58. The van der Waals surface area contributed by atoms with Crippen molar-refractivity contribution in [2.45, 2.75) is 20.4 Å². The molecule has 0 aromatic heterocycles. The predicted molar refractivity (Wildman–Crippen MR) is 111 cm³/mol. The average molecular weight is 383 g/mol. The molecule has 5 nitrogen and oxygen atoms in total. The monoisotopic (exact) mass is 382 g/mol. The lowest BCUT2D eigenvalue weighted by Gasteiger charge is -2.34. The van der Waals surface area contributed by atoms with Crippen molar-refractivity contribution in [3.05, 3.63) is 59.7 Å². The fourth-order valence-corrected chi connectivity index (χ4v) is 3.31. The van der Waals surface area contributed by atoms with E-state index in [0.29, 0.717) is 29.6 Å². The first-order valence-electron chi connectivity index (χ1n) is 9.93. The van der Waals surface area contributed by atoms with Crippen molar-refractivity contribution in [1.82, 2.24) is 9.80 Å². The van der Waals surface area contributed by atoms with Gasteiger partial charge in [-0.2, -0.15) is 0 Å². The normalized spacial score (nSPS) is 14.9. The van der Waals surface area contributed by atoms with Gasteiger partial charge in [-0.3, -0.25) is 9.69 Å². The first-order valence-corrected chi connectivity index (χ1v) is 9.93. The number of ether oxygens (including phenoxy) is 2. The Labute approximate surface area is 167 Å². The molecule has 0 saturated carbocycles. The van der Waals surface area contributed by atoms with Crippen LogP contribution >= 0.6 is 0 Å². The van der Waals surface area contributed by atoms with E-state index < -0.39 is 0 Å². The van der Waals surface area contributed by atoms with Gasteiger partial charge in [0.15, 0.2) is 11.5 Å². The van der Waals surface area contributed by atoms with Crippen LogP contribution < -0.4 is 9.47 Å². The lowest BCUT2D eigenvalue weighted by molar-refractivity contribution is 0.0628. The molecule has 1 saturated heterocycles. The number of carbonyl (C=O) groups excluding carboxylic acids is 1. The Morgan fingerprint density at radius 1 is 1.00 bits per heavy atom. The Morgan fingerprint density at radius 2 is 1.71 bits per heavy atom. The third-order valence-corrected chi connectivity index (χ3v) is 4.89. The van der Waals surface area contributed by atoms with Crippen LogP contribution in [0, 0.1) is 5.92 Å². The maximum absolute atomic E-state index is 12.9. The molecule has 1 aliphatic rings. The maximum Gasteiger partial charge on any atom is 0.254 e. The van der Waals surface area contributed by atoms with E-state index in [0.717, 1.165) is 32.7 Å². The van der Waals surface area contributed by atoms with Crippen molar-refractivity contribution >= 4 is 5.91 Å². The highest BCUT2D eigenvalue weighted by atomic mass is 16.5. The Hall–Kier alpha value is -2.53. The standard InChI is InChI=1S/C23H30N2O3/c1-18(2)17-28-21-10-9-20(15-22(21)27-3)23(26)25-13-11-24(12-14-25)16-19-7-5-4-6-8-19/h4-10,15,18H,11-14,16-17H2,1-3H3. The number of piperazine rings is 1. The average Bonchev–Trinajstić information content (AvgIpc) is 2.73. The summed E-state index contributed by atoms with van der Waals surface area (Å²) in [5.41, 5.74) is 1.95. The molecule has 0 N–H and O–H groups in total. The summed E-state index contributed by atoms with van der Waals surface area (Å²) in [6, 6.07) is 15.9. The highest BCUT2D eigenvalue weighted by Gasteiger charge is 2.23. The number of hydrogen-bond acceptors (Lipinski definition) is 4. The second-order valence-corrected chi connectivity index (χ2v) is 7.62. The zero-order chi connectivity index (χ0) is 19.9. The molecule has 0 spiro atoms. The fraction of sp³-hybridized carbons (Fsp3) is 0.435. The Morgan fingerprint density at radius 3 is 2.36 bits per heavy atom. The van der Waals surface area contributed by atoms with Gasteiger partial charge in [0.1, 0.15) is 0 Å². The van der Waals surface area contributed by atoms with Gasteiger partial charge in [-0.15, -0.1) is 0 Å². The highest BCUT2D eigenvalue weighted by molar-refractivity contribution is 5.95. The van der Waals surface area contributed by atoms with Gasteiger partial charge >= 0.3 is 0 Å². The summed E-state index contributed by atoms with van der Waals surface area (Å²) in [6.45, 7) is 8.98. The van der Waals surface area contributed by atoms with Crippen LogP contribution in [-0.2, 0) is 6.54 Å². The minimum atomic E-state index is 0.0491.